The van der Waals surface area contributed by atoms with Gasteiger partial charge >= 0.3 is 11.8 Å². The van der Waals surface area contributed by atoms with Gasteiger partial charge in [0.1, 0.15) is 6.04 Å². The van der Waals surface area contributed by atoms with Crippen LogP contribution >= 0.6 is 0 Å². The molecule has 3 heterocycles. The normalized spacial score (nSPS) is 17.2. The molecule has 6 amide bonds. The highest BCUT2D eigenvalue weighted by atomic mass is 19.1. The lowest BCUT2D eigenvalue weighted by atomic mass is 10.0. The van der Waals surface area contributed by atoms with E-state index in [0.717, 1.165) is 4.90 Å². The van der Waals surface area contributed by atoms with Crippen LogP contribution in [-0.2, 0) is 25.6 Å². The first-order chi connectivity index (χ1) is 16.8. The zero-order chi connectivity index (χ0) is 25.1. The number of hydrogen-bond acceptors (Lipinski definition) is 7. The molecule has 180 valence electrons. The van der Waals surface area contributed by atoms with E-state index in [2.05, 4.69) is 20.9 Å². The number of rotatable bonds is 6. The second kappa shape index (κ2) is 9.79. The van der Waals surface area contributed by atoms with E-state index in [9.17, 15) is 33.2 Å². The molecule has 0 saturated carbocycles. The molecule has 1 fully saturated rings. The summed E-state index contributed by atoms with van der Waals surface area (Å²) in [5, 5.41) is 6.70. The lowest BCUT2D eigenvalue weighted by Crippen LogP contribution is -2.54. The fourth-order valence-corrected chi connectivity index (χ4v) is 3.91. The van der Waals surface area contributed by atoms with Crippen LogP contribution in [0.5, 0.6) is 0 Å². The minimum atomic E-state index is -1.04. The molecule has 1 aromatic carbocycles. The Balaban J connectivity index is 1.31. The van der Waals surface area contributed by atoms with Crippen molar-refractivity contribution < 1.29 is 33.2 Å². The van der Waals surface area contributed by atoms with E-state index in [4.69, 9.17) is 0 Å². The summed E-state index contributed by atoms with van der Waals surface area (Å²) in [7, 11) is 0. The van der Waals surface area contributed by atoms with Gasteiger partial charge in [0.25, 0.3) is 11.8 Å². The van der Waals surface area contributed by atoms with E-state index in [1.165, 1.54) is 24.4 Å². The predicted octanol–water partition coefficient (Wildman–Crippen LogP) is 0.309. The van der Waals surface area contributed by atoms with E-state index < -0.39 is 47.4 Å². The zero-order valence-corrected chi connectivity index (χ0v) is 18.3. The van der Waals surface area contributed by atoms with Gasteiger partial charge in [-0.3, -0.25) is 39.0 Å². The maximum atomic E-state index is 13.5. The number of halogens is 1. The monoisotopic (exact) mass is 481 g/mol. The van der Waals surface area contributed by atoms with Crippen LogP contribution in [0.3, 0.4) is 0 Å². The van der Waals surface area contributed by atoms with Gasteiger partial charge in [-0.15, -0.1) is 0 Å². The highest BCUT2D eigenvalue weighted by Gasteiger charge is 2.44. The summed E-state index contributed by atoms with van der Waals surface area (Å²) >= 11 is 0. The number of piperidine rings is 1. The average molecular weight is 481 g/mol. The molecule has 0 bridgehead atoms. The molecule has 3 N–H and O–H groups in total. The number of fused-ring (bicyclic) bond motifs is 1. The molecular formula is C23H20FN5O6. The molecule has 1 aromatic heterocycles. The molecule has 11 nitrogen and oxygen atoms in total. The molecule has 0 radical (unpaired) electrons. The molecular weight excluding hydrogens is 461 g/mol. The third-order valence-corrected chi connectivity index (χ3v) is 5.65. The van der Waals surface area contributed by atoms with Crippen LogP contribution in [0.4, 0.5) is 10.1 Å². The SMILES string of the molecule is O=C1CCC(N2C(=O)c3ccc(CCCNC(=O)C(=O)Nc4cccnc4F)cc3C2=O)C(=O)N1. The van der Waals surface area contributed by atoms with Crippen molar-refractivity contribution in [1.29, 1.82) is 0 Å². The van der Waals surface area contributed by atoms with Crippen LogP contribution in [0.25, 0.3) is 0 Å². The smallest absolute Gasteiger partial charge is 0.313 e. The highest BCUT2D eigenvalue weighted by molar-refractivity contribution is 6.39. The number of pyridine rings is 1. The van der Waals surface area contributed by atoms with Gasteiger partial charge in [-0.2, -0.15) is 4.39 Å². The van der Waals surface area contributed by atoms with E-state index in [0.29, 0.717) is 18.4 Å². The molecule has 35 heavy (non-hydrogen) atoms. The van der Waals surface area contributed by atoms with Crippen LogP contribution in [0, 0.1) is 5.95 Å². The maximum absolute atomic E-state index is 13.5. The van der Waals surface area contributed by atoms with Crippen molar-refractivity contribution in [3.05, 3.63) is 59.2 Å². The van der Waals surface area contributed by atoms with Crippen molar-refractivity contribution >= 4 is 41.1 Å². The Kier molecular flexibility index (Phi) is 6.62. The number of imide groups is 2. The zero-order valence-electron chi connectivity index (χ0n) is 18.3. The van der Waals surface area contributed by atoms with Gasteiger partial charge in [-0.1, -0.05) is 6.07 Å². The van der Waals surface area contributed by atoms with Crippen molar-refractivity contribution in [3.8, 4) is 0 Å². The lowest BCUT2D eigenvalue weighted by Gasteiger charge is -2.27. The Bertz CT molecular complexity index is 1260. The molecule has 2 aromatic rings. The lowest BCUT2D eigenvalue weighted by molar-refractivity contribution is -0.136. The first kappa shape index (κ1) is 23.7. The molecule has 1 atom stereocenters. The average Bonchev–Trinajstić information content (AvgIpc) is 3.07. The Morgan fingerprint density at radius 3 is 2.60 bits per heavy atom. The first-order valence-corrected chi connectivity index (χ1v) is 10.8. The summed E-state index contributed by atoms with van der Waals surface area (Å²) in [6.07, 6.45) is 2.16. The van der Waals surface area contributed by atoms with Crippen molar-refractivity contribution in [3.63, 3.8) is 0 Å². The molecule has 0 spiro atoms. The number of aromatic nitrogens is 1. The van der Waals surface area contributed by atoms with Crippen LogP contribution in [0.2, 0.25) is 0 Å². The fourth-order valence-electron chi connectivity index (χ4n) is 3.91. The van der Waals surface area contributed by atoms with Gasteiger partial charge in [0.05, 0.1) is 16.8 Å². The number of nitrogens with one attached hydrogen (secondary N) is 3. The number of carbonyl (C=O) groups is 6. The van der Waals surface area contributed by atoms with E-state index >= 15 is 0 Å². The number of benzene rings is 1. The summed E-state index contributed by atoms with van der Waals surface area (Å²) in [5.41, 5.74) is 0.845. The van der Waals surface area contributed by atoms with Crippen molar-refractivity contribution in [1.82, 2.24) is 20.5 Å². The minimum Gasteiger partial charge on any atom is -0.348 e. The molecule has 4 rings (SSSR count). The van der Waals surface area contributed by atoms with Crippen molar-refractivity contribution in [2.75, 3.05) is 11.9 Å². The number of nitrogens with zero attached hydrogens (tertiary/aromatic N) is 2. The highest BCUT2D eigenvalue weighted by Crippen LogP contribution is 2.28. The topological polar surface area (TPSA) is 155 Å². The van der Waals surface area contributed by atoms with E-state index in [1.807, 2.05) is 0 Å². The second-order valence-electron chi connectivity index (χ2n) is 7.98. The molecule has 2 aliphatic rings. The van der Waals surface area contributed by atoms with Crippen LogP contribution < -0.4 is 16.0 Å². The van der Waals surface area contributed by atoms with Gasteiger partial charge in [-0.25, -0.2) is 4.98 Å². The van der Waals surface area contributed by atoms with Crippen LogP contribution in [0.15, 0.2) is 36.5 Å². The largest absolute Gasteiger partial charge is 0.348 e. The van der Waals surface area contributed by atoms with Gasteiger partial charge in [0, 0.05) is 19.2 Å². The third-order valence-electron chi connectivity index (χ3n) is 5.65. The van der Waals surface area contributed by atoms with E-state index in [1.54, 1.807) is 12.1 Å². The molecule has 12 heteroatoms. The predicted molar refractivity (Wildman–Crippen MR) is 117 cm³/mol. The quantitative estimate of drug-likeness (QED) is 0.232. The number of carbonyl (C=O) groups excluding carboxylic acids is 6. The number of anilines is 1. The Morgan fingerprint density at radius 2 is 1.86 bits per heavy atom. The summed E-state index contributed by atoms with van der Waals surface area (Å²) in [4.78, 5) is 77.2. The maximum Gasteiger partial charge on any atom is 0.313 e. The number of amides is 6. The number of hydrogen-bond donors (Lipinski definition) is 3. The molecule has 0 aliphatic carbocycles. The van der Waals surface area contributed by atoms with Gasteiger partial charge in [-0.05, 0) is 49.1 Å². The molecule has 2 aliphatic heterocycles. The van der Waals surface area contributed by atoms with Gasteiger partial charge in [0.15, 0.2) is 0 Å². The van der Waals surface area contributed by atoms with Crippen LogP contribution in [0.1, 0.15) is 45.5 Å². The van der Waals surface area contributed by atoms with Gasteiger partial charge < -0.3 is 10.6 Å². The minimum absolute atomic E-state index is 0.0377. The Hall–Kier alpha value is -4.48. The summed E-state index contributed by atoms with van der Waals surface area (Å²) in [6.45, 7) is 0.133. The third kappa shape index (κ3) is 4.90. The summed E-state index contributed by atoms with van der Waals surface area (Å²) < 4.78 is 13.5. The van der Waals surface area contributed by atoms with Crippen molar-refractivity contribution in [2.24, 2.45) is 0 Å². The second-order valence-corrected chi connectivity index (χ2v) is 7.98. The summed E-state index contributed by atoms with van der Waals surface area (Å²) in [6, 6.07) is 6.37. The molecule has 1 saturated heterocycles. The first-order valence-electron chi connectivity index (χ1n) is 10.8. The fraction of sp³-hybridized carbons (Fsp3) is 0.261. The van der Waals surface area contributed by atoms with E-state index in [-0.39, 0.29) is 36.2 Å². The van der Waals surface area contributed by atoms with Gasteiger partial charge in [0.2, 0.25) is 17.8 Å². The van der Waals surface area contributed by atoms with Crippen LogP contribution in [-0.4, -0.2) is 57.9 Å². The number of aryl methyl sites for hydroxylation is 1. The standard InChI is InChI=1S/C23H20FN5O6/c24-18-15(4-2-9-25-18)27-21(33)20(32)26-10-1-3-12-5-6-13-14(11-12)23(35)29(22(13)34)16-7-8-17(30)28-19(16)31/h2,4-6,9,11,16H,1,3,7-8,10H2,(H,26,32)(H,27,33)(H,28,30,31). The summed E-state index contributed by atoms with van der Waals surface area (Å²) in [5.74, 6) is -5.20. The Labute approximate surface area is 198 Å². The Morgan fingerprint density at radius 1 is 1.09 bits per heavy atom. The van der Waals surface area contributed by atoms with Crippen molar-refractivity contribution in [2.45, 2.75) is 31.7 Å². The molecule has 1 unspecified atom stereocenters.